The molecule has 0 aromatic heterocycles. The fourth-order valence-electron chi connectivity index (χ4n) is 9.35. The highest BCUT2D eigenvalue weighted by Crippen LogP contribution is 2.65. The number of amides is 4. The average Bonchev–Trinajstić information content (AvgIpc) is 3.57. The summed E-state index contributed by atoms with van der Waals surface area (Å²) in [4.78, 5) is 71.2. The Balaban J connectivity index is 1.34. The molecule has 0 spiro atoms. The molecule has 2 saturated heterocycles. The number of rotatable bonds is 9. The van der Waals surface area contributed by atoms with Crippen molar-refractivity contribution in [2.75, 3.05) is 17.4 Å². The van der Waals surface area contributed by atoms with E-state index in [2.05, 4.69) is 12.0 Å². The first kappa shape index (κ1) is 37.0. The van der Waals surface area contributed by atoms with Crippen LogP contribution < -0.4 is 15.1 Å². The smallest absolute Gasteiger partial charge is 0.271 e. The summed E-state index contributed by atoms with van der Waals surface area (Å²) in [6, 6.07) is 22.0. The third-order valence-electron chi connectivity index (χ3n) is 11.7. The molecule has 4 aromatic rings. The van der Waals surface area contributed by atoms with Crippen molar-refractivity contribution in [3.63, 3.8) is 0 Å². The number of ether oxygens (including phenoxy) is 1. The SMILES string of the molecule is C=CCc1cccc(C2C3=CCC4C(=O)N(c5cccc([N+](=O)[O-])c5)C(=O)C4C3CC3C(=O)N(Nc4ccc(Cl)cc4Cl)C(=O)C32c2ccc(OC)cc2)c1O. The third-order valence-corrected chi connectivity index (χ3v) is 12.3. The molecule has 0 radical (unpaired) electrons. The molecule has 2 N–H and O–H groups in total. The maximum absolute atomic E-state index is 15.5. The number of allylic oxidation sites excluding steroid dienone is 3. The number of nitro benzene ring substituents is 1. The van der Waals surface area contributed by atoms with Gasteiger partial charge in [-0.05, 0) is 72.7 Å². The van der Waals surface area contributed by atoms with Gasteiger partial charge in [0.15, 0.2) is 0 Å². The van der Waals surface area contributed by atoms with Gasteiger partial charge in [-0.25, -0.2) is 4.90 Å². The minimum absolute atomic E-state index is 0.0124. The van der Waals surface area contributed by atoms with E-state index in [1.165, 1.54) is 37.4 Å². The Morgan fingerprint density at radius 3 is 2.43 bits per heavy atom. The van der Waals surface area contributed by atoms with E-state index in [0.29, 0.717) is 39.5 Å². The molecule has 6 unspecified atom stereocenters. The van der Waals surface area contributed by atoms with E-state index in [1.54, 1.807) is 60.7 Å². The lowest BCUT2D eigenvalue weighted by Gasteiger charge is -2.50. The molecular formula is C42H34Cl2N4O8. The number of phenolic OH excluding ortho intramolecular Hbond substituents is 1. The van der Waals surface area contributed by atoms with Gasteiger partial charge in [-0.3, -0.25) is 34.7 Å². The zero-order chi connectivity index (χ0) is 39.6. The van der Waals surface area contributed by atoms with Gasteiger partial charge < -0.3 is 9.84 Å². The Hall–Kier alpha value is -5.98. The first-order chi connectivity index (χ1) is 26.9. The molecule has 0 bridgehead atoms. The number of para-hydroxylation sites is 1. The molecule has 284 valence electrons. The molecule has 12 nitrogen and oxygen atoms in total. The fourth-order valence-corrected chi connectivity index (χ4v) is 9.80. The fraction of sp³-hybridized carbons (Fsp3) is 0.238. The zero-order valence-electron chi connectivity index (χ0n) is 29.9. The lowest BCUT2D eigenvalue weighted by atomic mass is 9.49. The number of halogens is 2. The largest absolute Gasteiger partial charge is 0.507 e. The molecule has 2 aliphatic heterocycles. The number of anilines is 2. The molecule has 4 aromatic carbocycles. The number of benzene rings is 4. The van der Waals surface area contributed by atoms with E-state index in [-0.39, 0.29) is 40.7 Å². The number of nitrogens with one attached hydrogen (secondary N) is 1. The Morgan fingerprint density at radius 2 is 1.73 bits per heavy atom. The van der Waals surface area contributed by atoms with Crippen LogP contribution in [0.5, 0.6) is 11.5 Å². The van der Waals surface area contributed by atoms with Crippen LogP contribution >= 0.6 is 23.2 Å². The molecular weight excluding hydrogens is 759 g/mol. The molecule has 3 fully saturated rings. The lowest BCUT2D eigenvalue weighted by molar-refractivity contribution is -0.384. The van der Waals surface area contributed by atoms with Crippen molar-refractivity contribution >= 4 is 63.9 Å². The van der Waals surface area contributed by atoms with Gasteiger partial charge >= 0.3 is 0 Å². The number of phenols is 1. The first-order valence-corrected chi connectivity index (χ1v) is 18.7. The normalized spacial score (nSPS) is 25.3. The van der Waals surface area contributed by atoms with Crippen LogP contribution in [-0.4, -0.2) is 45.8 Å². The van der Waals surface area contributed by atoms with Crippen LogP contribution in [0, 0.1) is 33.8 Å². The zero-order valence-corrected chi connectivity index (χ0v) is 31.4. The molecule has 6 atom stereocenters. The number of methoxy groups -OCH3 is 1. The maximum atomic E-state index is 15.5. The van der Waals surface area contributed by atoms with Crippen molar-refractivity contribution in [1.29, 1.82) is 0 Å². The summed E-state index contributed by atoms with van der Waals surface area (Å²) in [5.74, 6) is -6.53. The second-order valence-electron chi connectivity index (χ2n) is 14.3. The van der Waals surface area contributed by atoms with E-state index in [1.807, 2.05) is 6.08 Å². The minimum Gasteiger partial charge on any atom is -0.507 e. The number of hydrazine groups is 1. The third kappa shape index (κ3) is 5.49. The number of fused-ring (bicyclic) bond motifs is 4. The van der Waals surface area contributed by atoms with Gasteiger partial charge in [0.2, 0.25) is 11.8 Å². The van der Waals surface area contributed by atoms with Crippen LogP contribution in [0.3, 0.4) is 0 Å². The van der Waals surface area contributed by atoms with E-state index in [0.717, 1.165) is 9.91 Å². The summed E-state index contributed by atoms with van der Waals surface area (Å²) in [6.45, 7) is 3.84. The number of aromatic hydroxyl groups is 1. The van der Waals surface area contributed by atoms with Crippen LogP contribution in [0.2, 0.25) is 10.0 Å². The summed E-state index contributed by atoms with van der Waals surface area (Å²) >= 11 is 12.7. The van der Waals surface area contributed by atoms with Crippen LogP contribution in [0.15, 0.2) is 109 Å². The predicted octanol–water partition coefficient (Wildman–Crippen LogP) is 7.53. The number of carbonyl (C=O) groups is 4. The molecule has 2 heterocycles. The van der Waals surface area contributed by atoms with Crippen molar-refractivity contribution in [1.82, 2.24) is 5.01 Å². The van der Waals surface area contributed by atoms with Crippen molar-refractivity contribution in [2.45, 2.75) is 30.6 Å². The van der Waals surface area contributed by atoms with Gasteiger partial charge in [-0.2, -0.15) is 5.01 Å². The summed E-state index contributed by atoms with van der Waals surface area (Å²) in [6.07, 6.45) is 3.92. The van der Waals surface area contributed by atoms with Crippen molar-refractivity contribution < 1.29 is 33.9 Å². The van der Waals surface area contributed by atoms with E-state index < -0.39 is 63.6 Å². The first-order valence-electron chi connectivity index (χ1n) is 17.9. The van der Waals surface area contributed by atoms with E-state index in [4.69, 9.17) is 27.9 Å². The topological polar surface area (TPSA) is 159 Å². The predicted molar refractivity (Wildman–Crippen MR) is 208 cm³/mol. The molecule has 8 rings (SSSR count). The highest BCUT2D eigenvalue weighted by Gasteiger charge is 2.70. The summed E-state index contributed by atoms with van der Waals surface area (Å²) < 4.78 is 5.46. The highest BCUT2D eigenvalue weighted by atomic mass is 35.5. The Morgan fingerprint density at radius 1 is 0.982 bits per heavy atom. The number of nitrogens with zero attached hydrogens (tertiary/aromatic N) is 3. The molecule has 4 amide bonds. The Bertz CT molecular complexity index is 2400. The van der Waals surface area contributed by atoms with Crippen LogP contribution in [0.4, 0.5) is 17.1 Å². The number of carbonyl (C=O) groups excluding carboxylic acids is 4. The van der Waals surface area contributed by atoms with Gasteiger partial charge in [0.05, 0.1) is 51.6 Å². The van der Waals surface area contributed by atoms with Crippen LogP contribution in [-0.2, 0) is 31.0 Å². The molecule has 2 aliphatic carbocycles. The average molecular weight is 794 g/mol. The van der Waals surface area contributed by atoms with Gasteiger partial charge in [0, 0.05) is 28.6 Å². The van der Waals surface area contributed by atoms with E-state index in [9.17, 15) is 29.6 Å². The molecule has 4 aliphatic rings. The van der Waals surface area contributed by atoms with Gasteiger partial charge in [0.1, 0.15) is 11.5 Å². The van der Waals surface area contributed by atoms with Gasteiger partial charge in [-0.15, -0.1) is 6.58 Å². The van der Waals surface area contributed by atoms with Crippen molar-refractivity contribution in [2.24, 2.45) is 23.7 Å². The number of non-ortho nitro benzene ring substituents is 1. The lowest BCUT2D eigenvalue weighted by Crippen LogP contribution is -2.53. The van der Waals surface area contributed by atoms with Crippen molar-refractivity contribution in [3.8, 4) is 11.5 Å². The van der Waals surface area contributed by atoms with Crippen LogP contribution in [0.1, 0.15) is 35.4 Å². The van der Waals surface area contributed by atoms with Crippen molar-refractivity contribution in [3.05, 3.63) is 146 Å². The summed E-state index contributed by atoms with van der Waals surface area (Å²) in [5.41, 5.74) is 3.31. The Kier molecular flexibility index (Phi) is 9.21. The standard InChI is InChI=1S/C42H34Cl2N4O8/c1-3-6-22-7-4-10-30(37(22)49)36-28-16-17-29-35(40(52)46(38(29)50)25-8-5-9-26(20-25)48(54)55)31(28)21-32-39(51)47(45-34-18-13-24(43)19-33(34)44)41(53)42(32,36)23-11-14-27(56-2)15-12-23/h3-5,7-16,18-20,29,31-32,35-36,45,49H,1,6,17,21H2,2H3. The number of hydrogen-bond acceptors (Lipinski definition) is 9. The van der Waals surface area contributed by atoms with Crippen LogP contribution in [0.25, 0.3) is 0 Å². The summed E-state index contributed by atoms with van der Waals surface area (Å²) in [5, 5.41) is 25.2. The number of imide groups is 2. The number of nitro groups is 1. The van der Waals surface area contributed by atoms with Gasteiger partial charge in [0.25, 0.3) is 17.5 Å². The quantitative estimate of drug-likeness (QED) is 0.0756. The Labute approximate surface area is 331 Å². The molecule has 56 heavy (non-hydrogen) atoms. The maximum Gasteiger partial charge on any atom is 0.271 e. The second kappa shape index (κ2) is 13.9. The van der Waals surface area contributed by atoms with Gasteiger partial charge in [-0.1, -0.05) is 77.3 Å². The minimum atomic E-state index is -1.68. The monoisotopic (exact) mass is 792 g/mol. The highest BCUT2D eigenvalue weighted by molar-refractivity contribution is 6.36. The number of hydrogen-bond donors (Lipinski definition) is 2. The molecule has 1 saturated carbocycles. The van der Waals surface area contributed by atoms with E-state index >= 15 is 4.79 Å². The second-order valence-corrected chi connectivity index (χ2v) is 15.2. The summed E-state index contributed by atoms with van der Waals surface area (Å²) in [7, 11) is 1.51. The molecule has 14 heteroatoms.